The molecule has 0 aromatic rings. The van der Waals surface area contributed by atoms with E-state index in [-0.39, 0.29) is 24.3 Å². The molecule has 0 aliphatic carbocycles. The van der Waals surface area contributed by atoms with Gasteiger partial charge >= 0.3 is 0 Å². The second kappa shape index (κ2) is 4.06. The third-order valence-electron chi connectivity index (χ3n) is 1.88. The smallest absolute Gasteiger partial charge is 0.244 e. The van der Waals surface area contributed by atoms with E-state index in [4.69, 9.17) is 6.42 Å². The summed E-state index contributed by atoms with van der Waals surface area (Å²) in [4.78, 5) is 21.9. The summed E-state index contributed by atoms with van der Waals surface area (Å²) in [6.07, 6.45) is 5.88. The lowest BCUT2D eigenvalue weighted by Gasteiger charge is -2.14. The van der Waals surface area contributed by atoms with Gasteiger partial charge in [0.2, 0.25) is 11.8 Å². The Kier molecular flexibility index (Phi) is 3.04. The second-order valence-electron chi connectivity index (χ2n) is 3.15. The van der Waals surface area contributed by atoms with Crippen LogP contribution >= 0.6 is 0 Å². The number of rotatable bonds is 3. The molecule has 2 amide bonds. The average Bonchev–Trinajstić information content (AvgIpc) is 2.30. The Labute approximate surface area is 77.1 Å². The summed E-state index contributed by atoms with van der Waals surface area (Å²) in [6.45, 7) is 1.88. The molecule has 2 N–H and O–H groups in total. The lowest BCUT2D eigenvalue weighted by atomic mass is 10.2. The maximum atomic E-state index is 11.1. The number of terminal acetylenes is 1. The SMILES string of the molecule is C#CCC(C)NC1CC(=O)NC1=O. The Morgan fingerprint density at radius 3 is 2.92 bits per heavy atom. The molecule has 13 heavy (non-hydrogen) atoms. The number of carbonyl (C=O) groups is 2. The second-order valence-corrected chi connectivity index (χ2v) is 3.15. The highest BCUT2D eigenvalue weighted by Gasteiger charge is 2.30. The molecule has 1 aliphatic rings. The third kappa shape index (κ3) is 2.56. The van der Waals surface area contributed by atoms with Gasteiger partial charge in [-0.2, -0.15) is 0 Å². The maximum absolute atomic E-state index is 11.1. The van der Waals surface area contributed by atoms with Crippen molar-refractivity contribution >= 4 is 11.8 Å². The first-order valence-electron chi connectivity index (χ1n) is 4.16. The van der Waals surface area contributed by atoms with E-state index in [1.807, 2.05) is 6.92 Å². The monoisotopic (exact) mass is 180 g/mol. The van der Waals surface area contributed by atoms with Crippen molar-refractivity contribution in [2.24, 2.45) is 0 Å². The molecule has 2 atom stereocenters. The van der Waals surface area contributed by atoms with Crippen LogP contribution in [0, 0.1) is 12.3 Å². The molecule has 70 valence electrons. The van der Waals surface area contributed by atoms with Crippen LogP contribution in [0.25, 0.3) is 0 Å². The van der Waals surface area contributed by atoms with Crippen LogP contribution in [0.3, 0.4) is 0 Å². The Bertz CT molecular complexity index is 267. The maximum Gasteiger partial charge on any atom is 0.244 e. The van der Waals surface area contributed by atoms with Gasteiger partial charge in [0.1, 0.15) is 0 Å². The molecule has 0 saturated carbocycles. The van der Waals surface area contributed by atoms with Crippen molar-refractivity contribution in [3.63, 3.8) is 0 Å². The van der Waals surface area contributed by atoms with Crippen molar-refractivity contribution in [1.82, 2.24) is 10.6 Å². The lowest BCUT2D eigenvalue weighted by Crippen LogP contribution is -2.41. The van der Waals surface area contributed by atoms with Gasteiger partial charge in [-0.3, -0.25) is 14.9 Å². The summed E-state index contributed by atoms with van der Waals surface area (Å²) in [5.74, 6) is 2.01. The molecule has 0 radical (unpaired) electrons. The number of carbonyl (C=O) groups excluding carboxylic acids is 2. The molecule has 0 spiro atoms. The number of hydrogen-bond donors (Lipinski definition) is 2. The zero-order valence-corrected chi connectivity index (χ0v) is 7.46. The summed E-state index contributed by atoms with van der Waals surface area (Å²) in [5, 5.41) is 5.21. The molecular weight excluding hydrogens is 168 g/mol. The zero-order valence-electron chi connectivity index (χ0n) is 7.46. The minimum Gasteiger partial charge on any atom is -0.302 e. The number of hydrogen-bond acceptors (Lipinski definition) is 3. The van der Waals surface area contributed by atoms with Gasteiger partial charge in [0.05, 0.1) is 12.5 Å². The molecule has 1 saturated heterocycles. The fourth-order valence-corrected chi connectivity index (χ4v) is 1.27. The minimum atomic E-state index is -0.407. The summed E-state index contributed by atoms with van der Waals surface area (Å²) < 4.78 is 0. The standard InChI is InChI=1S/C9H12N2O2/c1-3-4-6(2)10-7-5-8(12)11-9(7)13/h1,6-7,10H,4-5H2,2H3,(H,11,12,13). The van der Waals surface area contributed by atoms with E-state index in [0.717, 1.165) is 0 Å². The first kappa shape index (κ1) is 9.75. The normalized spacial score (nSPS) is 23.8. The zero-order chi connectivity index (χ0) is 9.84. The fraction of sp³-hybridized carbons (Fsp3) is 0.556. The van der Waals surface area contributed by atoms with E-state index >= 15 is 0 Å². The van der Waals surface area contributed by atoms with Crippen molar-refractivity contribution in [2.75, 3.05) is 0 Å². The van der Waals surface area contributed by atoms with E-state index in [1.54, 1.807) is 0 Å². The Morgan fingerprint density at radius 1 is 1.77 bits per heavy atom. The topological polar surface area (TPSA) is 58.2 Å². The summed E-state index contributed by atoms with van der Waals surface area (Å²) in [6, 6.07) is -0.345. The molecule has 1 rings (SSSR count). The van der Waals surface area contributed by atoms with E-state index in [2.05, 4.69) is 16.6 Å². The van der Waals surface area contributed by atoms with Crippen LogP contribution < -0.4 is 10.6 Å². The van der Waals surface area contributed by atoms with E-state index in [1.165, 1.54) is 0 Å². The van der Waals surface area contributed by atoms with Crippen LogP contribution in [0.15, 0.2) is 0 Å². The third-order valence-corrected chi connectivity index (χ3v) is 1.88. The van der Waals surface area contributed by atoms with Crippen molar-refractivity contribution in [3.05, 3.63) is 0 Å². The lowest BCUT2D eigenvalue weighted by molar-refractivity contribution is -0.125. The quantitative estimate of drug-likeness (QED) is 0.450. The summed E-state index contributed by atoms with van der Waals surface area (Å²) in [5.41, 5.74) is 0. The molecule has 0 aromatic carbocycles. The van der Waals surface area contributed by atoms with Crippen LogP contribution in [0.5, 0.6) is 0 Å². The van der Waals surface area contributed by atoms with Gasteiger partial charge in [0, 0.05) is 12.5 Å². The molecule has 1 heterocycles. The largest absolute Gasteiger partial charge is 0.302 e. The Balaban J connectivity index is 2.42. The van der Waals surface area contributed by atoms with Crippen LogP contribution in [0.1, 0.15) is 19.8 Å². The van der Waals surface area contributed by atoms with Crippen molar-refractivity contribution in [3.8, 4) is 12.3 Å². The first-order chi connectivity index (χ1) is 6.13. The first-order valence-corrected chi connectivity index (χ1v) is 4.16. The average molecular weight is 180 g/mol. The number of imide groups is 1. The fourth-order valence-electron chi connectivity index (χ4n) is 1.27. The molecule has 4 heteroatoms. The van der Waals surface area contributed by atoms with Gasteiger partial charge in [-0.15, -0.1) is 12.3 Å². The minimum absolute atomic E-state index is 0.0617. The highest BCUT2D eigenvalue weighted by atomic mass is 16.2. The Morgan fingerprint density at radius 2 is 2.46 bits per heavy atom. The van der Waals surface area contributed by atoms with Crippen LogP contribution in [-0.4, -0.2) is 23.9 Å². The summed E-state index contributed by atoms with van der Waals surface area (Å²) in [7, 11) is 0. The predicted molar refractivity (Wildman–Crippen MR) is 47.6 cm³/mol. The van der Waals surface area contributed by atoms with E-state index in [0.29, 0.717) is 6.42 Å². The number of amides is 2. The molecule has 1 aliphatic heterocycles. The van der Waals surface area contributed by atoms with Gasteiger partial charge in [0.25, 0.3) is 0 Å². The van der Waals surface area contributed by atoms with Crippen molar-refractivity contribution < 1.29 is 9.59 Å². The highest BCUT2D eigenvalue weighted by Crippen LogP contribution is 2.03. The van der Waals surface area contributed by atoms with Crippen LogP contribution in [0.2, 0.25) is 0 Å². The van der Waals surface area contributed by atoms with E-state index < -0.39 is 6.04 Å². The predicted octanol–water partition coefficient (Wildman–Crippen LogP) is -0.597. The molecule has 1 fully saturated rings. The van der Waals surface area contributed by atoms with Gasteiger partial charge in [-0.1, -0.05) is 0 Å². The molecule has 0 bridgehead atoms. The van der Waals surface area contributed by atoms with Gasteiger partial charge < -0.3 is 5.32 Å². The van der Waals surface area contributed by atoms with Crippen LogP contribution in [-0.2, 0) is 9.59 Å². The molecular formula is C9H12N2O2. The van der Waals surface area contributed by atoms with Gasteiger partial charge in [-0.05, 0) is 6.92 Å². The van der Waals surface area contributed by atoms with Gasteiger partial charge in [0.15, 0.2) is 0 Å². The Hall–Kier alpha value is -1.34. The molecule has 2 unspecified atom stereocenters. The molecule has 0 aromatic heterocycles. The van der Waals surface area contributed by atoms with Gasteiger partial charge in [-0.25, -0.2) is 0 Å². The van der Waals surface area contributed by atoms with Crippen LogP contribution in [0.4, 0.5) is 0 Å². The highest BCUT2D eigenvalue weighted by molar-refractivity contribution is 6.05. The van der Waals surface area contributed by atoms with Crippen molar-refractivity contribution in [1.29, 1.82) is 0 Å². The van der Waals surface area contributed by atoms with Crippen molar-refractivity contribution in [2.45, 2.75) is 31.8 Å². The molecule has 4 nitrogen and oxygen atoms in total. The van der Waals surface area contributed by atoms with E-state index in [9.17, 15) is 9.59 Å². The summed E-state index contributed by atoms with van der Waals surface area (Å²) >= 11 is 0. The number of nitrogens with one attached hydrogen (secondary N) is 2.